The minimum absolute atomic E-state index is 0. The van der Waals surface area contributed by atoms with Gasteiger partial charge in [-0.1, -0.05) is 0 Å². The molecule has 2 aliphatic rings. The molecular formula is C17H22ClNO5. The predicted molar refractivity (Wildman–Crippen MR) is 89.3 cm³/mol. The quantitative estimate of drug-likeness (QED) is 0.836. The summed E-state index contributed by atoms with van der Waals surface area (Å²) < 4.78 is 10.6. The number of aromatic hydroxyl groups is 1. The van der Waals surface area contributed by atoms with E-state index in [1.807, 2.05) is 7.05 Å². The summed E-state index contributed by atoms with van der Waals surface area (Å²) in [5.74, 6) is -1.17. The number of carbonyl (C=O) groups excluding carboxylic acids is 2. The second kappa shape index (κ2) is 7.40. The van der Waals surface area contributed by atoms with Crippen LogP contribution in [0.5, 0.6) is 5.75 Å². The van der Waals surface area contributed by atoms with E-state index >= 15 is 0 Å². The number of phenolic OH excluding ortho intramolecular Hbond substituents is 1. The number of phenols is 1. The fraction of sp³-hybridized carbons (Fsp3) is 0.529. The molecule has 0 amide bonds. The van der Waals surface area contributed by atoms with Gasteiger partial charge in [-0.3, -0.25) is 9.69 Å². The van der Waals surface area contributed by atoms with Crippen LogP contribution in [0.4, 0.5) is 0 Å². The molecule has 1 aromatic carbocycles. The van der Waals surface area contributed by atoms with Crippen molar-refractivity contribution in [2.45, 2.75) is 37.5 Å². The van der Waals surface area contributed by atoms with Gasteiger partial charge in [-0.15, -0.1) is 12.4 Å². The Morgan fingerprint density at radius 1 is 1.21 bits per heavy atom. The molecule has 7 heteroatoms. The second-order valence-electron chi connectivity index (χ2n) is 6.24. The minimum atomic E-state index is -0.479. The van der Waals surface area contributed by atoms with E-state index in [4.69, 9.17) is 9.47 Å². The van der Waals surface area contributed by atoms with E-state index < -0.39 is 18.0 Å². The van der Waals surface area contributed by atoms with Gasteiger partial charge in [0.05, 0.1) is 12.7 Å². The Morgan fingerprint density at radius 3 is 2.50 bits per heavy atom. The lowest BCUT2D eigenvalue weighted by molar-refractivity contribution is -0.156. The van der Waals surface area contributed by atoms with Crippen molar-refractivity contribution in [3.05, 3.63) is 29.8 Å². The van der Waals surface area contributed by atoms with Crippen molar-refractivity contribution in [3.8, 4) is 5.75 Å². The molecule has 6 nitrogen and oxygen atoms in total. The Hall–Kier alpha value is -1.79. The molecule has 2 fully saturated rings. The molecule has 2 heterocycles. The number of carbonyl (C=O) groups is 2. The third-order valence-corrected chi connectivity index (χ3v) is 5.05. The van der Waals surface area contributed by atoms with Crippen LogP contribution in [0.3, 0.4) is 0 Å². The third kappa shape index (κ3) is 3.35. The number of ether oxygens (including phenoxy) is 2. The average Bonchev–Trinajstić information content (AvgIpc) is 2.78. The molecule has 0 spiro atoms. The fourth-order valence-electron chi connectivity index (χ4n) is 3.79. The second-order valence-corrected chi connectivity index (χ2v) is 6.24. The summed E-state index contributed by atoms with van der Waals surface area (Å²) in [6, 6.07) is 6.28. The molecule has 2 saturated heterocycles. The van der Waals surface area contributed by atoms with Crippen molar-refractivity contribution in [2.24, 2.45) is 5.92 Å². The van der Waals surface area contributed by atoms with E-state index in [9.17, 15) is 14.7 Å². The molecule has 0 saturated carbocycles. The molecular weight excluding hydrogens is 334 g/mol. The molecule has 3 rings (SSSR count). The molecule has 0 radical (unpaired) electrons. The first-order chi connectivity index (χ1) is 11.0. The zero-order valence-corrected chi connectivity index (χ0v) is 14.5. The lowest BCUT2D eigenvalue weighted by atomic mass is 9.87. The molecule has 0 aliphatic carbocycles. The first-order valence-electron chi connectivity index (χ1n) is 7.81. The van der Waals surface area contributed by atoms with Gasteiger partial charge in [0, 0.05) is 18.5 Å². The molecule has 2 bridgehead atoms. The first kappa shape index (κ1) is 18.5. The molecule has 1 N–H and O–H groups in total. The maximum Gasteiger partial charge on any atom is 0.338 e. The van der Waals surface area contributed by atoms with Crippen LogP contribution in [-0.4, -0.2) is 54.3 Å². The van der Waals surface area contributed by atoms with Crippen LogP contribution < -0.4 is 0 Å². The van der Waals surface area contributed by atoms with Gasteiger partial charge < -0.3 is 14.6 Å². The van der Waals surface area contributed by atoms with E-state index in [0.717, 1.165) is 12.8 Å². The van der Waals surface area contributed by atoms with E-state index in [-0.39, 0.29) is 30.2 Å². The summed E-state index contributed by atoms with van der Waals surface area (Å²) >= 11 is 0. The maximum absolute atomic E-state index is 12.3. The molecule has 24 heavy (non-hydrogen) atoms. The minimum Gasteiger partial charge on any atom is -0.508 e. The van der Waals surface area contributed by atoms with Gasteiger partial charge in [-0.2, -0.15) is 0 Å². The van der Waals surface area contributed by atoms with Crippen molar-refractivity contribution in [2.75, 3.05) is 14.2 Å². The number of benzene rings is 1. The molecule has 4 atom stereocenters. The van der Waals surface area contributed by atoms with Gasteiger partial charge in [0.2, 0.25) is 0 Å². The number of esters is 2. The van der Waals surface area contributed by atoms with Crippen molar-refractivity contribution in [3.63, 3.8) is 0 Å². The third-order valence-electron chi connectivity index (χ3n) is 5.05. The van der Waals surface area contributed by atoms with Crippen molar-refractivity contribution < 1.29 is 24.2 Å². The van der Waals surface area contributed by atoms with Gasteiger partial charge in [0.1, 0.15) is 17.8 Å². The van der Waals surface area contributed by atoms with Crippen molar-refractivity contribution >= 4 is 24.3 Å². The van der Waals surface area contributed by atoms with E-state index in [0.29, 0.717) is 18.0 Å². The Labute approximate surface area is 147 Å². The summed E-state index contributed by atoms with van der Waals surface area (Å²) in [5.41, 5.74) is 0.359. The highest BCUT2D eigenvalue weighted by atomic mass is 35.5. The van der Waals surface area contributed by atoms with Gasteiger partial charge in [-0.05, 0) is 44.2 Å². The van der Waals surface area contributed by atoms with Crippen LogP contribution in [0.15, 0.2) is 24.3 Å². The number of hydrogen-bond acceptors (Lipinski definition) is 6. The van der Waals surface area contributed by atoms with Gasteiger partial charge in [0.15, 0.2) is 0 Å². The summed E-state index contributed by atoms with van der Waals surface area (Å²) in [7, 11) is 3.37. The van der Waals surface area contributed by atoms with Gasteiger partial charge in [0.25, 0.3) is 0 Å². The normalized spacial score (nSPS) is 28.8. The zero-order chi connectivity index (χ0) is 16.6. The molecule has 0 unspecified atom stereocenters. The highest BCUT2D eigenvalue weighted by Crippen LogP contribution is 2.40. The Bertz CT molecular complexity index is 606. The molecule has 0 aromatic heterocycles. The summed E-state index contributed by atoms with van der Waals surface area (Å²) in [6.07, 6.45) is 2.07. The zero-order valence-electron chi connectivity index (χ0n) is 13.7. The SMILES string of the molecule is COC(=O)[C@H]1[C@@H](OC(=O)c2ccc(O)cc2)C[C@@H]2CC[C@H]1N2C.Cl. The van der Waals surface area contributed by atoms with E-state index in [1.165, 1.54) is 31.4 Å². The van der Waals surface area contributed by atoms with Crippen LogP contribution in [0.25, 0.3) is 0 Å². The van der Waals surface area contributed by atoms with Crippen LogP contribution in [-0.2, 0) is 14.3 Å². The van der Waals surface area contributed by atoms with Gasteiger partial charge >= 0.3 is 11.9 Å². The van der Waals surface area contributed by atoms with Crippen LogP contribution in [0, 0.1) is 5.92 Å². The number of piperidine rings is 1. The smallest absolute Gasteiger partial charge is 0.338 e. The summed E-state index contributed by atoms with van der Waals surface area (Å²) in [6.45, 7) is 0. The summed E-state index contributed by atoms with van der Waals surface area (Å²) in [4.78, 5) is 26.7. The fourth-order valence-corrected chi connectivity index (χ4v) is 3.79. The number of rotatable bonds is 3. The summed E-state index contributed by atoms with van der Waals surface area (Å²) in [5, 5.41) is 9.29. The number of halogens is 1. The maximum atomic E-state index is 12.3. The van der Waals surface area contributed by atoms with E-state index in [1.54, 1.807) is 0 Å². The number of fused-ring (bicyclic) bond motifs is 2. The van der Waals surface area contributed by atoms with Crippen molar-refractivity contribution in [1.29, 1.82) is 0 Å². The highest BCUT2D eigenvalue weighted by Gasteiger charge is 2.50. The number of hydrogen-bond donors (Lipinski definition) is 1. The van der Waals surface area contributed by atoms with Crippen LogP contribution >= 0.6 is 12.4 Å². The Morgan fingerprint density at radius 2 is 1.88 bits per heavy atom. The largest absolute Gasteiger partial charge is 0.508 e. The van der Waals surface area contributed by atoms with Crippen molar-refractivity contribution in [1.82, 2.24) is 4.90 Å². The standard InChI is InChI=1S/C17H21NO5.ClH/c1-18-11-5-8-13(18)15(17(21)22-2)14(9-11)23-16(20)10-3-6-12(19)7-4-10;/h3-4,6-7,11,13-15,19H,5,8-9H2,1-2H3;1H/t11-,13+,14-,15+;/m0./s1. The molecule has 1 aromatic rings. The molecule has 132 valence electrons. The first-order valence-corrected chi connectivity index (χ1v) is 7.81. The number of methoxy groups -OCH3 is 1. The Balaban J connectivity index is 0.00000208. The van der Waals surface area contributed by atoms with Gasteiger partial charge in [-0.25, -0.2) is 4.79 Å². The lowest BCUT2D eigenvalue weighted by Gasteiger charge is -2.40. The lowest BCUT2D eigenvalue weighted by Crippen LogP contribution is -2.53. The predicted octanol–water partition coefficient (Wildman–Crippen LogP) is 2.00. The molecule has 2 aliphatic heterocycles. The van der Waals surface area contributed by atoms with E-state index in [2.05, 4.69) is 4.90 Å². The monoisotopic (exact) mass is 355 g/mol. The van der Waals surface area contributed by atoms with Crippen LogP contribution in [0.2, 0.25) is 0 Å². The average molecular weight is 356 g/mol. The van der Waals surface area contributed by atoms with Crippen LogP contribution in [0.1, 0.15) is 29.6 Å². The topological polar surface area (TPSA) is 76.1 Å². The Kier molecular flexibility index (Phi) is 5.72. The highest BCUT2D eigenvalue weighted by molar-refractivity contribution is 5.90. The number of nitrogens with zero attached hydrogens (tertiary/aromatic N) is 1.